The van der Waals surface area contributed by atoms with Gasteiger partial charge in [0.25, 0.3) is 0 Å². The number of halogens is 1. The highest BCUT2D eigenvalue weighted by atomic mass is 79.9. The average Bonchev–Trinajstić information content (AvgIpc) is 2.82. The minimum Gasteiger partial charge on any atom is -0.273 e. The summed E-state index contributed by atoms with van der Waals surface area (Å²) in [4.78, 5) is 13.0. The molecule has 7 heteroatoms. The Morgan fingerprint density at radius 1 is 1.53 bits per heavy atom. The largest absolute Gasteiger partial charge is 0.273 e. The molecule has 1 aliphatic heterocycles. The lowest BCUT2D eigenvalue weighted by Gasteiger charge is -2.18. The summed E-state index contributed by atoms with van der Waals surface area (Å²) in [6.07, 6.45) is 0.537. The van der Waals surface area contributed by atoms with Crippen LogP contribution in [-0.4, -0.2) is 30.9 Å². The van der Waals surface area contributed by atoms with Crippen molar-refractivity contribution in [2.75, 3.05) is 12.3 Å². The molecular formula is C10H12BrNO3S2. The number of rotatable bonds is 2. The fraction of sp³-hybridized carbons (Fsp3) is 0.500. The van der Waals surface area contributed by atoms with Crippen molar-refractivity contribution in [1.29, 1.82) is 0 Å². The Morgan fingerprint density at radius 3 is 2.71 bits per heavy atom. The molecule has 1 amide bonds. The number of carbonyl (C=O) groups is 1. The maximum Gasteiger partial charge on any atom is 0.244 e. The standard InChI is InChI=1S/C10H12BrNO3S2/c1-7(8-3-4-9(11)16-8)10(13)12-5-2-6-17(12,14)15/h3-4,7H,2,5-6H2,1H3/t7-/m0/s1. The molecule has 1 aliphatic rings. The van der Waals surface area contributed by atoms with Gasteiger partial charge >= 0.3 is 0 Å². The lowest BCUT2D eigenvalue weighted by molar-refractivity contribution is -0.127. The molecule has 0 bridgehead atoms. The van der Waals surface area contributed by atoms with E-state index >= 15 is 0 Å². The van der Waals surface area contributed by atoms with Crippen LogP contribution in [0.15, 0.2) is 15.9 Å². The van der Waals surface area contributed by atoms with Crippen molar-refractivity contribution < 1.29 is 13.2 Å². The smallest absolute Gasteiger partial charge is 0.244 e. The molecule has 0 unspecified atom stereocenters. The van der Waals surface area contributed by atoms with Crippen molar-refractivity contribution in [1.82, 2.24) is 4.31 Å². The van der Waals surface area contributed by atoms with Gasteiger partial charge in [0.1, 0.15) is 0 Å². The first kappa shape index (κ1) is 13.0. The number of nitrogens with zero attached hydrogens (tertiary/aromatic N) is 1. The Hall–Kier alpha value is -0.400. The summed E-state index contributed by atoms with van der Waals surface area (Å²) in [5.74, 6) is -0.643. The maximum absolute atomic E-state index is 12.1. The van der Waals surface area contributed by atoms with Crippen LogP contribution in [-0.2, 0) is 14.8 Å². The van der Waals surface area contributed by atoms with Gasteiger partial charge in [-0.15, -0.1) is 11.3 Å². The zero-order valence-corrected chi connectivity index (χ0v) is 12.4. The van der Waals surface area contributed by atoms with E-state index in [1.165, 1.54) is 11.3 Å². The van der Waals surface area contributed by atoms with Crippen LogP contribution >= 0.6 is 27.3 Å². The van der Waals surface area contributed by atoms with Gasteiger partial charge in [-0.2, -0.15) is 0 Å². The summed E-state index contributed by atoms with van der Waals surface area (Å²) in [5.41, 5.74) is 0. The van der Waals surface area contributed by atoms with Gasteiger partial charge in [0.2, 0.25) is 15.9 Å². The predicted molar refractivity (Wildman–Crippen MR) is 70.6 cm³/mol. The van der Waals surface area contributed by atoms with Crippen LogP contribution in [0.25, 0.3) is 0 Å². The molecule has 2 heterocycles. The van der Waals surface area contributed by atoms with Gasteiger partial charge in [-0.1, -0.05) is 0 Å². The molecule has 1 atom stereocenters. The van der Waals surface area contributed by atoms with Crippen LogP contribution < -0.4 is 0 Å². The first-order chi connectivity index (χ1) is 7.92. The highest BCUT2D eigenvalue weighted by Gasteiger charge is 2.35. The minimum atomic E-state index is -3.36. The van der Waals surface area contributed by atoms with Crippen LogP contribution in [0.5, 0.6) is 0 Å². The second-order valence-corrected chi connectivity index (χ2v) is 8.45. The molecule has 0 aromatic carbocycles. The highest BCUT2D eigenvalue weighted by Crippen LogP contribution is 2.30. The summed E-state index contributed by atoms with van der Waals surface area (Å²) in [5, 5.41) is 0. The zero-order valence-electron chi connectivity index (χ0n) is 9.22. The molecule has 0 spiro atoms. The van der Waals surface area contributed by atoms with Crippen LogP contribution in [0.1, 0.15) is 24.1 Å². The summed E-state index contributed by atoms with van der Waals surface area (Å²) < 4.78 is 25.2. The van der Waals surface area contributed by atoms with E-state index in [2.05, 4.69) is 15.9 Å². The molecule has 17 heavy (non-hydrogen) atoms. The molecule has 94 valence electrons. The molecule has 1 aromatic heterocycles. The van der Waals surface area contributed by atoms with E-state index in [1.807, 2.05) is 12.1 Å². The number of hydrogen-bond acceptors (Lipinski definition) is 4. The quantitative estimate of drug-likeness (QED) is 0.831. The monoisotopic (exact) mass is 337 g/mol. The first-order valence-electron chi connectivity index (χ1n) is 5.21. The average molecular weight is 338 g/mol. The minimum absolute atomic E-state index is 0.0829. The van der Waals surface area contributed by atoms with Gasteiger partial charge in [-0.05, 0) is 41.4 Å². The van der Waals surface area contributed by atoms with Gasteiger partial charge in [-0.25, -0.2) is 12.7 Å². The normalized spacial score (nSPS) is 20.5. The van der Waals surface area contributed by atoms with Crippen molar-refractivity contribution in [2.24, 2.45) is 0 Å². The van der Waals surface area contributed by atoms with Crippen molar-refractivity contribution in [3.8, 4) is 0 Å². The van der Waals surface area contributed by atoms with E-state index in [1.54, 1.807) is 6.92 Å². The third-order valence-corrected chi connectivity index (χ3v) is 6.38. The van der Waals surface area contributed by atoms with E-state index in [9.17, 15) is 13.2 Å². The Morgan fingerprint density at radius 2 is 2.24 bits per heavy atom. The third kappa shape index (κ3) is 2.56. The molecular weight excluding hydrogens is 326 g/mol. The van der Waals surface area contributed by atoms with Crippen molar-refractivity contribution in [2.45, 2.75) is 19.3 Å². The van der Waals surface area contributed by atoms with Crippen LogP contribution in [0.3, 0.4) is 0 Å². The third-order valence-electron chi connectivity index (χ3n) is 2.74. The fourth-order valence-corrected chi connectivity index (χ4v) is 4.81. The molecule has 4 nitrogen and oxygen atoms in total. The van der Waals surface area contributed by atoms with E-state index in [4.69, 9.17) is 0 Å². The summed E-state index contributed by atoms with van der Waals surface area (Å²) in [6, 6.07) is 3.71. The Bertz CT molecular complexity index is 538. The van der Waals surface area contributed by atoms with Gasteiger partial charge in [0.05, 0.1) is 15.5 Å². The number of sulfonamides is 1. The number of thiophene rings is 1. The SMILES string of the molecule is C[C@H](C(=O)N1CCCS1(=O)=O)c1ccc(Br)s1. The van der Waals surface area contributed by atoms with E-state index < -0.39 is 15.9 Å². The number of carbonyl (C=O) groups excluding carboxylic acids is 1. The second kappa shape index (κ2) is 4.70. The van der Waals surface area contributed by atoms with E-state index in [-0.39, 0.29) is 11.7 Å². The second-order valence-electron chi connectivity index (χ2n) is 3.94. The van der Waals surface area contributed by atoms with E-state index in [0.29, 0.717) is 13.0 Å². The predicted octanol–water partition coefficient (Wildman–Crippen LogP) is 2.18. The van der Waals surface area contributed by atoms with Gasteiger partial charge in [0.15, 0.2) is 0 Å². The summed E-state index contributed by atoms with van der Waals surface area (Å²) in [7, 11) is -3.36. The van der Waals surface area contributed by atoms with Crippen molar-refractivity contribution in [3.63, 3.8) is 0 Å². The van der Waals surface area contributed by atoms with E-state index in [0.717, 1.165) is 13.0 Å². The lowest BCUT2D eigenvalue weighted by atomic mass is 10.1. The first-order valence-corrected chi connectivity index (χ1v) is 8.43. The Balaban J connectivity index is 2.21. The molecule has 2 rings (SSSR count). The van der Waals surface area contributed by atoms with Gasteiger partial charge in [0, 0.05) is 11.4 Å². The molecule has 1 fully saturated rings. The fourth-order valence-electron chi connectivity index (χ4n) is 1.79. The molecule has 1 saturated heterocycles. The maximum atomic E-state index is 12.1. The van der Waals surface area contributed by atoms with Crippen molar-refractivity contribution >= 4 is 43.2 Å². The topological polar surface area (TPSA) is 54.5 Å². The summed E-state index contributed by atoms with van der Waals surface area (Å²) >= 11 is 4.79. The summed E-state index contributed by atoms with van der Waals surface area (Å²) in [6.45, 7) is 2.06. The van der Waals surface area contributed by atoms with Gasteiger partial charge in [-0.3, -0.25) is 4.79 Å². The molecule has 0 radical (unpaired) electrons. The zero-order chi connectivity index (χ0) is 12.6. The molecule has 0 N–H and O–H groups in total. The number of hydrogen-bond donors (Lipinski definition) is 0. The van der Waals surface area contributed by atoms with Crippen LogP contribution in [0.4, 0.5) is 0 Å². The van der Waals surface area contributed by atoms with Crippen molar-refractivity contribution in [3.05, 3.63) is 20.8 Å². The number of amides is 1. The van der Waals surface area contributed by atoms with Gasteiger partial charge < -0.3 is 0 Å². The highest BCUT2D eigenvalue weighted by molar-refractivity contribution is 9.11. The lowest BCUT2D eigenvalue weighted by Crippen LogP contribution is -2.35. The molecule has 0 aliphatic carbocycles. The Labute approximate surface area is 113 Å². The van der Waals surface area contributed by atoms with Crippen LogP contribution in [0, 0.1) is 0 Å². The van der Waals surface area contributed by atoms with Crippen LogP contribution in [0.2, 0.25) is 0 Å². The molecule has 1 aromatic rings. The molecule has 0 saturated carbocycles. The Kier molecular flexibility index (Phi) is 3.61.